The van der Waals surface area contributed by atoms with E-state index in [-0.39, 0.29) is 0 Å². The highest BCUT2D eigenvalue weighted by molar-refractivity contribution is 5.49. The summed E-state index contributed by atoms with van der Waals surface area (Å²) >= 11 is 0. The van der Waals surface area contributed by atoms with Crippen LogP contribution in [0, 0.1) is 6.92 Å². The molecule has 0 atom stereocenters. The largest absolute Gasteiger partial charge is 0.468 e. The van der Waals surface area contributed by atoms with Gasteiger partial charge in [-0.25, -0.2) is 9.97 Å². The van der Waals surface area contributed by atoms with Gasteiger partial charge in [-0.2, -0.15) is 0 Å². The second kappa shape index (κ2) is 7.66. The first-order valence-electron chi connectivity index (χ1n) is 8.65. The van der Waals surface area contributed by atoms with Crippen molar-refractivity contribution in [2.45, 2.75) is 51.2 Å². The molecule has 0 amide bonds. The van der Waals surface area contributed by atoms with Crippen molar-refractivity contribution < 1.29 is 4.42 Å². The Bertz CT molecular complexity index is 633. The zero-order valence-corrected chi connectivity index (χ0v) is 14.7. The lowest BCUT2D eigenvalue weighted by Crippen LogP contribution is -2.36. The first kappa shape index (κ1) is 16.8. The molecule has 2 aromatic heterocycles. The number of hydrogen-bond acceptors (Lipinski definition) is 6. The van der Waals surface area contributed by atoms with E-state index in [1.54, 1.807) is 6.26 Å². The van der Waals surface area contributed by atoms with Gasteiger partial charge in [-0.05, 0) is 44.7 Å². The molecule has 2 aromatic rings. The second-order valence-electron chi connectivity index (χ2n) is 6.71. The van der Waals surface area contributed by atoms with Gasteiger partial charge >= 0.3 is 0 Å². The molecule has 0 unspecified atom stereocenters. The van der Waals surface area contributed by atoms with Crippen LogP contribution in [0.3, 0.4) is 0 Å². The highest BCUT2D eigenvalue weighted by atomic mass is 16.3. The highest BCUT2D eigenvalue weighted by Gasteiger charge is 2.21. The summed E-state index contributed by atoms with van der Waals surface area (Å²) in [6, 6.07) is 7.02. The van der Waals surface area contributed by atoms with Crippen LogP contribution < -0.4 is 15.5 Å². The van der Waals surface area contributed by atoms with Crippen LogP contribution in [0.5, 0.6) is 0 Å². The Morgan fingerprint density at radius 3 is 2.58 bits per heavy atom. The molecule has 2 heterocycles. The van der Waals surface area contributed by atoms with Gasteiger partial charge in [0.1, 0.15) is 23.2 Å². The maximum atomic E-state index is 5.37. The van der Waals surface area contributed by atoms with Crippen LogP contribution in [-0.2, 0) is 6.54 Å². The van der Waals surface area contributed by atoms with E-state index >= 15 is 0 Å². The molecule has 2 N–H and O–H groups in total. The molecule has 1 aliphatic carbocycles. The average molecular weight is 329 g/mol. The normalized spacial score (nSPS) is 20.8. The van der Waals surface area contributed by atoms with Crippen LogP contribution >= 0.6 is 0 Å². The summed E-state index contributed by atoms with van der Waals surface area (Å²) in [5, 5.41) is 7.17. The summed E-state index contributed by atoms with van der Waals surface area (Å²) < 4.78 is 5.37. The van der Waals surface area contributed by atoms with E-state index in [1.807, 2.05) is 44.1 Å². The fourth-order valence-corrected chi connectivity index (χ4v) is 3.16. The van der Waals surface area contributed by atoms with Crippen molar-refractivity contribution in [3.63, 3.8) is 0 Å². The Morgan fingerprint density at radius 2 is 1.92 bits per heavy atom. The molecule has 1 aliphatic rings. The number of anilines is 2. The standard InChI is InChI=1S/C18H27N5O/c1-13-20-17(11-18(21-13)23(2)3)22-15-8-6-14(7-9-15)19-12-16-5-4-10-24-16/h4-5,10-11,14-15,19H,6-9,12H2,1-3H3,(H,20,21,22). The third-order valence-electron chi connectivity index (χ3n) is 4.51. The number of aromatic nitrogens is 2. The predicted molar refractivity (Wildman–Crippen MR) is 96.3 cm³/mol. The molecule has 0 saturated heterocycles. The number of aryl methyl sites for hydroxylation is 1. The summed E-state index contributed by atoms with van der Waals surface area (Å²) in [6.07, 6.45) is 6.36. The Kier molecular flexibility index (Phi) is 5.35. The number of nitrogens with one attached hydrogen (secondary N) is 2. The van der Waals surface area contributed by atoms with Crippen molar-refractivity contribution in [3.05, 3.63) is 36.0 Å². The summed E-state index contributed by atoms with van der Waals surface area (Å²) in [4.78, 5) is 11.0. The minimum atomic E-state index is 0.482. The predicted octanol–water partition coefficient (Wildman–Crippen LogP) is 2.96. The SMILES string of the molecule is Cc1nc(NC2CCC(NCc3ccco3)CC2)cc(N(C)C)n1. The van der Waals surface area contributed by atoms with Crippen LogP contribution in [-0.4, -0.2) is 36.1 Å². The minimum absolute atomic E-state index is 0.482. The van der Waals surface area contributed by atoms with Crippen LogP contribution in [0.15, 0.2) is 28.9 Å². The van der Waals surface area contributed by atoms with E-state index in [2.05, 4.69) is 20.6 Å². The Labute approximate surface area is 143 Å². The van der Waals surface area contributed by atoms with E-state index in [4.69, 9.17) is 4.42 Å². The van der Waals surface area contributed by atoms with Gasteiger partial charge in [-0.1, -0.05) is 0 Å². The van der Waals surface area contributed by atoms with Crippen molar-refractivity contribution >= 4 is 11.6 Å². The zero-order chi connectivity index (χ0) is 16.9. The number of hydrogen-bond donors (Lipinski definition) is 2. The van der Waals surface area contributed by atoms with Gasteiger partial charge in [0.05, 0.1) is 12.8 Å². The lowest BCUT2D eigenvalue weighted by molar-refractivity contribution is 0.340. The maximum absolute atomic E-state index is 5.37. The fourth-order valence-electron chi connectivity index (χ4n) is 3.16. The van der Waals surface area contributed by atoms with Crippen LogP contribution in [0.25, 0.3) is 0 Å². The summed E-state index contributed by atoms with van der Waals surface area (Å²) in [5.41, 5.74) is 0. The highest BCUT2D eigenvalue weighted by Crippen LogP contribution is 2.23. The van der Waals surface area contributed by atoms with Crippen LogP contribution in [0.1, 0.15) is 37.3 Å². The fraction of sp³-hybridized carbons (Fsp3) is 0.556. The Morgan fingerprint density at radius 1 is 1.17 bits per heavy atom. The van der Waals surface area contributed by atoms with E-state index in [0.29, 0.717) is 12.1 Å². The number of nitrogens with zero attached hydrogens (tertiary/aromatic N) is 3. The zero-order valence-electron chi connectivity index (χ0n) is 14.7. The van der Waals surface area contributed by atoms with Crippen LogP contribution in [0.4, 0.5) is 11.6 Å². The molecule has 0 aromatic carbocycles. The van der Waals surface area contributed by atoms with Gasteiger partial charge in [0, 0.05) is 32.2 Å². The average Bonchev–Trinajstić information content (AvgIpc) is 3.07. The first-order valence-corrected chi connectivity index (χ1v) is 8.65. The lowest BCUT2D eigenvalue weighted by Gasteiger charge is -2.30. The molecule has 1 saturated carbocycles. The minimum Gasteiger partial charge on any atom is -0.468 e. The molecule has 1 fully saturated rings. The summed E-state index contributed by atoms with van der Waals surface area (Å²) in [7, 11) is 4.00. The van der Waals surface area contributed by atoms with Crippen LogP contribution in [0.2, 0.25) is 0 Å². The molecule has 3 rings (SSSR count). The van der Waals surface area contributed by atoms with E-state index in [9.17, 15) is 0 Å². The number of furan rings is 1. The van der Waals surface area contributed by atoms with Gasteiger partial charge in [0.25, 0.3) is 0 Å². The van der Waals surface area contributed by atoms with Crippen molar-refractivity contribution in [2.75, 3.05) is 24.3 Å². The molecular formula is C18H27N5O. The lowest BCUT2D eigenvalue weighted by atomic mass is 9.91. The quantitative estimate of drug-likeness (QED) is 0.849. The molecule has 0 bridgehead atoms. The van der Waals surface area contributed by atoms with Gasteiger partial charge in [0.2, 0.25) is 0 Å². The van der Waals surface area contributed by atoms with Gasteiger partial charge < -0.3 is 20.0 Å². The molecule has 0 aliphatic heterocycles. The third kappa shape index (κ3) is 4.47. The third-order valence-corrected chi connectivity index (χ3v) is 4.51. The van der Waals surface area contributed by atoms with Crippen molar-refractivity contribution in [1.82, 2.24) is 15.3 Å². The molecule has 0 spiro atoms. The Hall–Kier alpha value is -2.08. The first-order chi connectivity index (χ1) is 11.6. The molecule has 6 heteroatoms. The number of rotatable bonds is 6. The van der Waals surface area contributed by atoms with Crippen molar-refractivity contribution in [1.29, 1.82) is 0 Å². The van der Waals surface area contributed by atoms with Gasteiger partial charge in [0.15, 0.2) is 0 Å². The summed E-state index contributed by atoms with van der Waals surface area (Å²) in [5.74, 6) is 3.68. The Balaban J connectivity index is 1.48. The second-order valence-corrected chi connectivity index (χ2v) is 6.71. The van der Waals surface area contributed by atoms with Crippen molar-refractivity contribution in [2.24, 2.45) is 0 Å². The van der Waals surface area contributed by atoms with Gasteiger partial charge in [-0.3, -0.25) is 0 Å². The maximum Gasteiger partial charge on any atom is 0.133 e. The molecule has 130 valence electrons. The smallest absolute Gasteiger partial charge is 0.133 e. The molecule has 6 nitrogen and oxygen atoms in total. The van der Waals surface area contributed by atoms with Crippen molar-refractivity contribution in [3.8, 4) is 0 Å². The molecular weight excluding hydrogens is 302 g/mol. The monoisotopic (exact) mass is 329 g/mol. The topological polar surface area (TPSA) is 66.2 Å². The molecule has 0 radical (unpaired) electrons. The van der Waals surface area contributed by atoms with E-state index in [1.165, 1.54) is 12.8 Å². The van der Waals surface area contributed by atoms with E-state index in [0.717, 1.165) is 42.6 Å². The van der Waals surface area contributed by atoms with Gasteiger partial charge in [-0.15, -0.1) is 0 Å². The van der Waals surface area contributed by atoms with E-state index < -0.39 is 0 Å². The molecule has 24 heavy (non-hydrogen) atoms. The summed E-state index contributed by atoms with van der Waals surface area (Å²) in [6.45, 7) is 2.75.